The molecule has 0 atom stereocenters. The lowest BCUT2D eigenvalue weighted by Gasteiger charge is -2.10. The quantitative estimate of drug-likeness (QED) is 0.462. The fourth-order valence-electron chi connectivity index (χ4n) is 1.57. The highest BCUT2D eigenvalue weighted by Crippen LogP contribution is 2.15. The van der Waals surface area contributed by atoms with Gasteiger partial charge in [0.05, 0.1) is 12.2 Å². The maximum absolute atomic E-state index is 4.51. The Morgan fingerprint density at radius 3 is 2.68 bits per heavy atom. The van der Waals surface area contributed by atoms with Crippen molar-refractivity contribution in [2.24, 2.45) is 4.99 Å². The third-order valence-electron chi connectivity index (χ3n) is 2.77. The fourth-order valence-corrected chi connectivity index (χ4v) is 2.94. The molecule has 1 aromatic heterocycles. The molecule has 0 bridgehead atoms. The molecule has 0 saturated carbocycles. The lowest BCUT2D eigenvalue weighted by Crippen LogP contribution is -2.37. The van der Waals surface area contributed by atoms with E-state index in [1.807, 2.05) is 18.7 Å². The molecule has 0 saturated heterocycles. The van der Waals surface area contributed by atoms with Crippen LogP contribution in [0, 0.1) is 13.8 Å². The second-order valence-corrected chi connectivity index (χ2v) is 6.57. The highest BCUT2D eigenvalue weighted by Gasteiger charge is 2.04. The topological polar surface area (TPSA) is 49.3 Å². The first-order valence-corrected chi connectivity index (χ1v) is 8.74. The van der Waals surface area contributed by atoms with E-state index in [-0.39, 0.29) is 0 Å². The van der Waals surface area contributed by atoms with Crippen LogP contribution < -0.4 is 10.6 Å². The SMILES string of the molecule is CN=C(NCCCCSC)NCc1nc(C)c(C)s1. The van der Waals surface area contributed by atoms with Crippen LogP contribution in [0.5, 0.6) is 0 Å². The first-order chi connectivity index (χ1) is 9.17. The van der Waals surface area contributed by atoms with Crippen molar-refractivity contribution in [1.29, 1.82) is 0 Å². The third kappa shape index (κ3) is 6.29. The van der Waals surface area contributed by atoms with Gasteiger partial charge in [-0.1, -0.05) is 0 Å². The van der Waals surface area contributed by atoms with Gasteiger partial charge >= 0.3 is 0 Å². The predicted octanol–water partition coefficient (Wildman–Crippen LogP) is 2.57. The van der Waals surface area contributed by atoms with Crippen molar-refractivity contribution in [1.82, 2.24) is 15.6 Å². The van der Waals surface area contributed by atoms with Crippen LogP contribution in [0.1, 0.15) is 28.4 Å². The lowest BCUT2D eigenvalue weighted by atomic mass is 10.3. The van der Waals surface area contributed by atoms with E-state index in [0.29, 0.717) is 0 Å². The number of nitrogens with one attached hydrogen (secondary N) is 2. The Kier molecular flexibility index (Phi) is 7.90. The highest BCUT2D eigenvalue weighted by atomic mass is 32.2. The van der Waals surface area contributed by atoms with Gasteiger partial charge in [-0.3, -0.25) is 4.99 Å². The average molecular weight is 300 g/mol. The van der Waals surface area contributed by atoms with Crippen LogP contribution >= 0.6 is 23.1 Å². The van der Waals surface area contributed by atoms with Crippen LogP contribution in [-0.4, -0.2) is 36.5 Å². The maximum atomic E-state index is 4.51. The van der Waals surface area contributed by atoms with E-state index < -0.39 is 0 Å². The number of guanidine groups is 1. The van der Waals surface area contributed by atoms with Gasteiger partial charge in [0.1, 0.15) is 5.01 Å². The van der Waals surface area contributed by atoms with E-state index in [2.05, 4.69) is 33.8 Å². The Labute approximate surface area is 124 Å². The summed E-state index contributed by atoms with van der Waals surface area (Å²) in [7, 11) is 1.80. The lowest BCUT2D eigenvalue weighted by molar-refractivity contribution is 0.732. The van der Waals surface area contributed by atoms with Gasteiger partial charge in [-0.25, -0.2) is 4.98 Å². The molecule has 0 fully saturated rings. The summed E-state index contributed by atoms with van der Waals surface area (Å²) in [6, 6.07) is 0. The Bertz CT molecular complexity index is 382. The first kappa shape index (κ1) is 16.3. The Balaban J connectivity index is 2.25. The van der Waals surface area contributed by atoms with Crippen LogP contribution in [0.25, 0.3) is 0 Å². The number of nitrogens with zero attached hydrogens (tertiary/aromatic N) is 2. The first-order valence-electron chi connectivity index (χ1n) is 6.53. The number of aromatic nitrogens is 1. The van der Waals surface area contributed by atoms with Crippen LogP contribution in [0.2, 0.25) is 0 Å². The molecule has 0 radical (unpaired) electrons. The molecule has 0 aliphatic rings. The van der Waals surface area contributed by atoms with E-state index in [4.69, 9.17) is 0 Å². The molecule has 6 heteroatoms. The Morgan fingerprint density at radius 1 is 1.32 bits per heavy atom. The minimum absolute atomic E-state index is 0.740. The van der Waals surface area contributed by atoms with E-state index in [1.54, 1.807) is 18.4 Å². The molecule has 1 aromatic rings. The second-order valence-electron chi connectivity index (χ2n) is 4.30. The molecule has 108 valence electrons. The summed E-state index contributed by atoms with van der Waals surface area (Å²) >= 11 is 3.64. The molecule has 0 unspecified atom stereocenters. The Hall–Kier alpha value is -0.750. The van der Waals surface area contributed by atoms with E-state index in [9.17, 15) is 0 Å². The summed E-state index contributed by atoms with van der Waals surface area (Å²) in [5.74, 6) is 2.08. The molecular formula is C13H24N4S2. The number of hydrogen-bond acceptors (Lipinski definition) is 4. The molecule has 0 amide bonds. The van der Waals surface area contributed by atoms with E-state index in [0.717, 1.165) is 29.8 Å². The number of thiazole rings is 1. The molecule has 1 rings (SSSR count). The molecule has 0 aromatic carbocycles. The average Bonchev–Trinajstić information content (AvgIpc) is 2.72. The van der Waals surface area contributed by atoms with Gasteiger partial charge in [0.25, 0.3) is 0 Å². The molecule has 2 N–H and O–H groups in total. The minimum atomic E-state index is 0.740. The van der Waals surface area contributed by atoms with Crippen molar-refractivity contribution in [3.63, 3.8) is 0 Å². The third-order valence-corrected chi connectivity index (χ3v) is 4.54. The van der Waals surface area contributed by atoms with E-state index >= 15 is 0 Å². The standard InChI is InChI=1S/C13H24N4S2/c1-10-11(2)19-12(17-10)9-16-13(14-3)15-7-5-6-8-18-4/h5-9H2,1-4H3,(H2,14,15,16). The summed E-state index contributed by atoms with van der Waals surface area (Å²) in [4.78, 5) is 10.0. The number of unbranched alkanes of at least 4 members (excludes halogenated alkanes) is 1. The van der Waals surface area contributed by atoms with Crippen LogP contribution in [-0.2, 0) is 6.54 Å². The van der Waals surface area contributed by atoms with Crippen molar-refractivity contribution in [2.75, 3.05) is 25.6 Å². The van der Waals surface area contributed by atoms with Crippen LogP contribution in [0.3, 0.4) is 0 Å². The largest absolute Gasteiger partial charge is 0.356 e. The number of aryl methyl sites for hydroxylation is 2. The van der Waals surface area contributed by atoms with Gasteiger partial charge in [0.2, 0.25) is 0 Å². The molecule has 19 heavy (non-hydrogen) atoms. The van der Waals surface area contributed by atoms with Crippen molar-refractivity contribution in [2.45, 2.75) is 33.2 Å². The van der Waals surface area contributed by atoms with Gasteiger partial charge in [0.15, 0.2) is 5.96 Å². The number of rotatable bonds is 7. The molecular weight excluding hydrogens is 276 g/mol. The van der Waals surface area contributed by atoms with Gasteiger partial charge in [-0.05, 0) is 38.7 Å². The van der Waals surface area contributed by atoms with Crippen LogP contribution in [0.15, 0.2) is 4.99 Å². The number of hydrogen-bond donors (Lipinski definition) is 2. The monoisotopic (exact) mass is 300 g/mol. The summed E-state index contributed by atoms with van der Waals surface area (Å²) in [6.07, 6.45) is 4.57. The minimum Gasteiger partial charge on any atom is -0.356 e. The zero-order chi connectivity index (χ0) is 14.1. The molecule has 4 nitrogen and oxygen atoms in total. The normalized spacial score (nSPS) is 11.7. The number of thioether (sulfide) groups is 1. The zero-order valence-corrected chi connectivity index (χ0v) is 13.9. The summed E-state index contributed by atoms with van der Waals surface area (Å²) in [6.45, 7) is 5.86. The Morgan fingerprint density at radius 2 is 2.11 bits per heavy atom. The van der Waals surface area contributed by atoms with Crippen molar-refractivity contribution in [3.05, 3.63) is 15.6 Å². The maximum Gasteiger partial charge on any atom is 0.191 e. The van der Waals surface area contributed by atoms with Crippen molar-refractivity contribution in [3.8, 4) is 0 Å². The van der Waals surface area contributed by atoms with Gasteiger partial charge < -0.3 is 10.6 Å². The summed E-state index contributed by atoms with van der Waals surface area (Å²) in [5.41, 5.74) is 1.13. The van der Waals surface area contributed by atoms with Gasteiger partial charge in [0, 0.05) is 18.5 Å². The second kappa shape index (κ2) is 9.20. The highest BCUT2D eigenvalue weighted by molar-refractivity contribution is 7.98. The van der Waals surface area contributed by atoms with E-state index in [1.165, 1.54) is 23.5 Å². The van der Waals surface area contributed by atoms with Gasteiger partial charge in [-0.15, -0.1) is 11.3 Å². The van der Waals surface area contributed by atoms with Crippen molar-refractivity contribution < 1.29 is 0 Å². The zero-order valence-electron chi connectivity index (χ0n) is 12.2. The molecule has 0 aliphatic carbocycles. The van der Waals surface area contributed by atoms with Crippen molar-refractivity contribution >= 4 is 29.1 Å². The summed E-state index contributed by atoms with van der Waals surface area (Å²) < 4.78 is 0. The summed E-state index contributed by atoms with van der Waals surface area (Å²) in [5, 5.41) is 7.74. The smallest absolute Gasteiger partial charge is 0.191 e. The molecule has 0 aliphatic heterocycles. The number of aliphatic imine (C=N–C) groups is 1. The molecule has 0 spiro atoms. The predicted molar refractivity (Wildman–Crippen MR) is 87.4 cm³/mol. The fraction of sp³-hybridized carbons (Fsp3) is 0.692. The molecule has 1 heterocycles. The van der Waals surface area contributed by atoms with Crippen LogP contribution in [0.4, 0.5) is 0 Å². The van der Waals surface area contributed by atoms with Gasteiger partial charge in [-0.2, -0.15) is 11.8 Å².